The largest absolute Gasteiger partial charge is 0.207 e. The molecule has 0 atom stereocenters. The summed E-state index contributed by atoms with van der Waals surface area (Å²) in [7, 11) is 1.42. The Bertz CT molecular complexity index is 280. The molecule has 0 N–H and O–H groups in total. The highest BCUT2D eigenvalue weighted by Crippen LogP contribution is 2.14. The summed E-state index contributed by atoms with van der Waals surface area (Å²) in [5, 5.41) is 2.42. The van der Waals surface area contributed by atoms with Crippen LogP contribution in [0.25, 0.3) is 0 Å². The number of hydrogen-bond donors (Lipinski definition) is 0. The van der Waals surface area contributed by atoms with Crippen molar-refractivity contribution in [2.24, 2.45) is 5.18 Å². The van der Waals surface area contributed by atoms with E-state index in [-0.39, 0.29) is 11.2 Å². The van der Waals surface area contributed by atoms with Gasteiger partial charge in [-0.05, 0) is 11.2 Å². The van der Waals surface area contributed by atoms with E-state index in [0.29, 0.717) is 6.07 Å². The van der Waals surface area contributed by atoms with Crippen LogP contribution in [0.4, 0.5) is 14.5 Å². The van der Waals surface area contributed by atoms with Gasteiger partial charge in [0.2, 0.25) is 0 Å². The third kappa shape index (κ3) is 1.42. The molecule has 11 heavy (non-hydrogen) atoms. The maximum atomic E-state index is 12.6. The van der Waals surface area contributed by atoms with Crippen molar-refractivity contribution in [1.29, 1.82) is 0 Å². The zero-order chi connectivity index (χ0) is 8.43. The van der Waals surface area contributed by atoms with E-state index >= 15 is 0 Å². The topological polar surface area (TPSA) is 29.4 Å². The van der Waals surface area contributed by atoms with Crippen LogP contribution in [-0.2, 0) is 0 Å². The van der Waals surface area contributed by atoms with E-state index in [4.69, 9.17) is 0 Å². The second-order valence-electron chi connectivity index (χ2n) is 2.14. The molecule has 0 amide bonds. The first-order valence-electron chi connectivity index (χ1n) is 2.94. The number of hydrogen-bond acceptors (Lipinski definition) is 2. The summed E-state index contributed by atoms with van der Waals surface area (Å²) in [6, 6.07) is 1.68. The van der Waals surface area contributed by atoms with Gasteiger partial charge >= 0.3 is 0 Å². The van der Waals surface area contributed by atoms with E-state index in [1.807, 2.05) is 0 Å². The fraction of sp³-hybridized carbons (Fsp3) is 0. The Hall–Kier alpha value is -1.26. The molecular formula is C6H4BF2NO. The Balaban J connectivity index is 3.36. The van der Waals surface area contributed by atoms with Crippen molar-refractivity contribution in [2.45, 2.75) is 0 Å². The number of benzene rings is 1. The number of halogens is 2. The number of nitroso groups, excluding NO2 is 1. The summed E-state index contributed by atoms with van der Waals surface area (Å²) >= 11 is 0. The van der Waals surface area contributed by atoms with Gasteiger partial charge in [-0.1, -0.05) is 5.46 Å². The molecule has 0 spiro atoms. The zero-order valence-corrected chi connectivity index (χ0v) is 5.77. The minimum absolute atomic E-state index is 0.206. The van der Waals surface area contributed by atoms with Crippen molar-refractivity contribution in [2.75, 3.05) is 0 Å². The van der Waals surface area contributed by atoms with E-state index in [9.17, 15) is 13.7 Å². The van der Waals surface area contributed by atoms with Crippen molar-refractivity contribution in [1.82, 2.24) is 0 Å². The molecule has 0 heterocycles. The molecule has 0 aliphatic heterocycles. The first-order chi connectivity index (χ1) is 5.15. The second-order valence-corrected chi connectivity index (χ2v) is 2.14. The Morgan fingerprint density at radius 1 is 1.36 bits per heavy atom. The minimum atomic E-state index is -0.919. The molecule has 0 unspecified atom stereocenters. The van der Waals surface area contributed by atoms with E-state index < -0.39 is 11.6 Å². The fourth-order valence-corrected chi connectivity index (χ4v) is 0.810. The maximum absolute atomic E-state index is 12.6. The Morgan fingerprint density at radius 2 is 2.00 bits per heavy atom. The molecule has 0 radical (unpaired) electrons. The summed E-state index contributed by atoms with van der Waals surface area (Å²) in [5.41, 5.74) is -0.121. The standard InChI is InChI=1S/C6H4BF2NO/c7-4-1-3(8)2-5(9)6(4)10-11/h1-2H,7H2. The van der Waals surface area contributed by atoms with Gasteiger partial charge in [0.15, 0.2) is 5.82 Å². The summed E-state index contributed by atoms with van der Waals surface area (Å²) in [4.78, 5) is 9.95. The molecule has 1 aromatic rings. The molecule has 0 aliphatic carbocycles. The Morgan fingerprint density at radius 3 is 2.45 bits per heavy atom. The van der Waals surface area contributed by atoms with Gasteiger partial charge in [0.05, 0.1) is 0 Å². The molecule has 0 saturated carbocycles. The summed E-state index contributed by atoms with van der Waals surface area (Å²) in [5.74, 6) is -1.62. The lowest BCUT2D eigenvalue weighted by atomic mass is 9.94. The summed E-state index contributed by atoms with van der Waals surface area (Å²) in [6.07, 6.45) is 0. The lowest BCUT2D eigenvalue weighted by Crippen LogP contribution is -2.05. The molecule has 0 bridgehead atoms. The highest BCUT2D eigenvalue weighted by atomic mass is 19.1. The lowest BCUT2D eigenvalue weighted by Gasteiger charge is -1.97. The van der Waals surface area contributed by atoms with E-state index in [2.05, 4.69) is 5.18 Å². The lowest BCUT2D eigenvalue weighted by molar-refractivity contribution is 0.586. The predicted molar refractivity (Wildman–Crippen MR) is 40.0 cm³/mol. The molecule has 0 fully saturated rings. The highest BCUT2D eigenvalue weighted by molar-refractivity contribution is 6.35. The highest BCUT2D eigenvalue weighted by Gasteiger charge is 2.07. The van der Waals surface area contributed by atoms with Gasteiger partial charge in [0, 0.05) is 6.07 Å². The van der Waals surface area contributed by atoms with Crippen LogP contribution in [0.2, 0.25) is 0 Å². The molecular weight excluding hydrogens is 151 g/mol. The summed E-state index contributed by atoms with van der Waals surface area (Å²) < 4.78 is 24.9. The number of nitrogens with zero attached hydrogens (tertiary/aromatic N) is 1. The monoisotopic (exact) mass is 155 g/mol. The Labute approximate surface area is 62.6 Å². The van der Waals surface area contributed by atoms with Gasteiger partial charge in [0.25, 0.3) is 0 Å². The summed E-state index contributed by atoms with van der Waals surface area (Å²) in [6.45, 7) is 0. The van der Waals surface area contributed by atoms with Crippen LogP contribution >= 0.6 is 0 Å². The van der Waals surface area contributed by atoms with Crippen molar-refractivity contribution >= 4 is 19.0 Å². The smallest absolute Gasteiger partial charge is 0.154 e. The fourth-order valence-electron chi connectivity index (χ4n) is 0.810. The van der Waals surface area contributed by atoms with Crippen LogP contribution in [0.15, 0.2) is 17.3 Å². The first kappa shape index (κ1) is 7.85. The third-order valence-electron chi connectivity index (χ3n) is 1.31. The number of rotatable bonds is 1. The molecule has 1 aromatic carbocycles. The first-order valence-corrected chi connectivity index (χ1v) is 2.94. The van der Waals surface area contributed by atoms with E-state index in [0.717, 1.165) is 6.07 Å². The van der Waals surface area contributed by atoms with Gasteiger partial charge in [-0.2, -0.15) is 0 Å². The predicted octanol–water partition coefficient (Wildman–Crippen LogP) is 0.621. The average Bonchev–Trinajstić information content (AvgIpc) is 1.85. The van der Waals surface area contributed by atoms with Gasteiger partial charge in [-0.25, -0.2) is 8.78 Å². The zero-order valence-electron chi connectivity index (χ0n) is 5.77. The van der Waals surface area contributed by atoms with Crippen molar-refractivity contribution in [3.63, 3.8) is 0 Å². The molecule has 0 aliphatic rings. The van der Waals surface area contributed by atoms with Gasteiger partial charge in [-0.3, -0.25) is 0 Å². The second kappa shape index (κ2) is 2.78. The van der Waals surface area contributed by atoms with Gasteiger partial charge in [0.1, 0.15) is 19.4 Å². The average molecular weight is 155 g/mol. The maximum Gasteiger partial charge on any atom is 0.154 e. The Kier molecular flexibility index (Phi) is 1.98. The quantitative estimate of drug-likeness (QED) is 0.431. The molecule has 0 saturated heterocycles. The minimum Gasteiger partial charge on any atom is -0.207 e. The third-order valence-corrected chi connectivity index (χ3v) is 1.31. The van der Waals surface area contributed by atoms with Crippen LogP contribution in [0.3, 0.4) is 0 Å². The van der Waals surface area contributed by atoms with Crippen molar-refractivity contribution in [3.05, 3.63) is 28.7 Å². The molecule has 2 nitrogen and oxygen atoms in total. The molecule has 56 valence electrons. The van der Waals surface area contributed by atoms with Crippen LogP contribution < -0.4 is 5.46 Å². The van der Waals surface area contributed by atoms with Crippen LogP contribution in [0, 0.1) is 16.5 Å². The molecule has 1 rings (SSSR count). The molecule has 0 aromatic heterocycles. The SMILES string of the molecule is Bc1cc(F)cc(F)c1N=O. The van der Waals surface area contributed by atoms with E-state index in [1.165, 1.54) is 7.85 Å². The van der Waals surface area contributed by atoms with Crippen LogP contribution in [0.1, 0.15) is 0 Å². The van der Waals surface area contributed by atoms with Crippen molar-refractivity contribution < 1.29 is 8.78 Å². The van der Waals surface area contributed by atoms with E-state index in [1.54, 1.807) is 0 Å². The van der Waals surface area contributed by atoms with Crippen molar-refractivity contribution in [3.8, 4) is 0 Å². The van der Waals surface area contributed by atoms with Crippen LogP contribution in [-0.4, -0.2) is 7.85 Å². The van der Waals surface area contributed by atoms with Gasteiger partial charge in [-0.15, -0.1) is 4.91 Å². The molecule has 5 heteroatoms. The van der Waals surface area contributed by atoms with Gasteiger partial charge < -0.3 is 0 Å². The normalized spacial score (nSPS) is 9.64. The van der Waals surface area contributed by atoms with Crippen LogP contribution in [0.5, 0.6) is 0 Å².